The molecule has 2 aliphatic rings. The highest BCUT2D eigenvalue weighted by Gasteiger charge is 2.38. The Morgan fingerprint density at radius 2 is 1.88 bits per heavy atom. The molecule has 3 atom stereocenters. The lowest BCUT2D eigenvalue weighted by Crippen LogP contribution is -2.29. The standard InChI is InChI=1S/C26H25BrN2O3S/c1-2-32-25-9-4-3-8-24(25)29-33(30,31)19-14-15-23-22(16-19)20-6-5-7-21(20)26(28-23)17-10-12-18(27)13-11-17/h3-6,8-16,20-21,26,28-29H,2,7H2,1H3/t20-,21+,26+/m0/s1. The average Bonchev–Trinajstić information content (AvgIpc) is 3.30. The van der Waals surface area contributed by atoms with Crippen molar-refractivity contribution in [2.75, 3.05) is 16.6 Å². The van der Waals surface area contributed by atoms with E-state index in [0.717, 1.165) is 22.1 Å². The molecule has 0 amide bonds. The maximum Gasteiger partial charge on any atom is 0.262 e. The van der Waals surface area contributed by atoms with Crippen LogP contribution in [-0.2, 0) is 10.0 Å². The van der Waals surface area contributed by atoms with Crippen molar-refractivity contribution in [2.24, 2.45) is 5.92 Å². The molecule has 0 aromatic heterocycles. The number of hydrogen-bond donors (Lipinski definition) is 2. The molecule has 3 aromatic carbocycles. The maximum absolute atomic E-state index is 13.2. The van der Waals surface area contributed by atoms with Gasteiger partial charge in [-0.2, -0.15) is 0 Å². The van der Waals surface area contributed by atoms with Crippen LogP contribution in [0.3, 0.4) is 0 Å². The van der Waals surface area contributed by atoms with Gasteiger partial charge in [0.15, 0.2) is 0 Å². The smallest absolute Gasteiger partial charge is 0.262 e. The van der Waals surface area contributed by atoms with Crippen LogP contribution in [0, 0.1) is 5.92 Å². The second-order valence-corrected chi connectivity index (χ2v) is 10.9. The van der Waals surface area contributed by atoms with E-state index in [-0.39, 0.29) is 16.9 Å². The molecule has 7 heteroatoms. The number of anilines is 2. The zero-order valence-electron chi connectivity index (χ0n) is 18.2. The van der Waals surface area contributed by atoms with E-state index < -0.39 is 10.0 Å². The van der Waals surface area contributed by atoms with Crippen LogP contribution in [0.4, 0.5) is 11.4 Å². The van der Waals surface area contributed by atoms with Crippen LogP contribution in [-0.4, -0.2) is 15.0 Å². The molecule has 0 spiro atoms. The van der Waals surface area contributed by atoms with Crippen molar-refractivity contribution in [3.05, 3.63) is 94.5 Å². The van der Waals surface area contributed by atoms with E-state index in [1.807, 2.05) is 19.1 Å². The summed E-state index contributed by atoms with van der Waals surface area (Å²) < 4.78 is 35.8. The molecule has 1 aliphatic heterocycles. The van der Waals surface area contributed by atoms with Gasteiger partial charge < -0.3 is 10.1 Å². The number of benzene rings is 3. The average molecular weight is 525 g/mol. The Morgan fingerprint density at radius 1 is 1.09 bits per heavy atom. The highest BCUT2D eigenvalue weighted by atomic mass is 79.9. The summed E-state index contributed by atoms with van der Waals surface area (Å²) in [5.74, 6) is 1.02. The molecule has 0 fully saturated rings. The molecule has 5 rings (SSSR count). The SMILES string of the molecule is CCOc1ccccc1NS(=O)(=O)c1ccc2c(c1)[C@H]1C=CC[C@H]1[C@@H](c1ccc(Br)cc1)N2. The zero-order valence-corrected chi connectivity index (χ0v) is 20.6. The van der Waals surface area contributed by atoms with Crippen LogP contribution in [0.1, 0.15) is 36.4 Å². The Labute approximate surface area is 203 Å². The summed E-state index contributed by atoms with van der Waals surface area (Å²) in [4.78, 5) is 0.246. The number of nitrogens with one attached hydrogen (secondary N) is 2. The maximum atomic E-state index is 13.2. The summed E-state index contributed by atoms with van der Waals surface area (Å²) >= 11 is 3.51. The normalized spacial score (nSPS) is 21.1. The van der Waals surface area contributed by atoms with E-state index in [1.165, 1.54) is 5.56 Å². The van der Waals surface area contributed by atoms with Crippen molar-refractivity contribution in [1.82, 2.24) is 0 Å². The minimum Gasteiger partial charge on any atom is -0.492 e. The van der Waals surface area contributed by atoms with Gasteiger partial charge in [-0.25, -0.2) is 8.42 Å². The third-order valence-electron chi connectivity index (χ3n) is 6.30. The Bertz CT molecular complexity index is 1310. The first kappa shape index (κ1) is 22.0. The van der Waals surface area contributed by atoms with E-state index in [1.54, 1.807) is 30.3 Å². The van der Waals surface area contributed by atoms with Gasteiger partial charge in [-0.1, -0.05) is 52.3 Å². The first-order valence-electron chi connectivity index (χ1n) is 11.0. The number of rotatable bonds is 6. The summed E-state index contributed by atoms with van der Waals surface area (Å²) in [6.45, 7) is 2.33. The predicted molar refractivity (Wildman–Crippen MR) is 135 cm³/mol. The van der Waals surface area contributed by atoms with Gasteiger partial charge in [-0.15, -0.1) is 0 Å². The van der Waals surface area contributed by atoms with Crippen molar-refractivity contribution in [1.29, 1.82) is 0 Å². The lowest BCUT2D eigenvalue weighted by Gasteiger charge is -2.37. The van der Waals surface area contributed by atoms with Crippen LogP contribution in [0.25, 0.3) is 0 Å². The highest BCUT2D eigenvalue weighted by Crippen LogP contribution is 2.50. The first-order chi connectivity index (χ1) is 16.0. The summed E-state index contributed by atoms with van der Waals surface area (Å²) in [6, 6.07) is 21.0. The third-order valence-corrected chi connectivity index (χ3v) is 8.20. The number of para-hydroxylation sites is 2. The largest absolute Gasteiger partial charge is 0.492 e. The van der Waals surface area contributed by atoms with Crippen LogP contribution >= 0.6 is 15.9 Å². The molecule has 1 heterocycles. The molecule has 2 N–H and O–H groups in total. The van der Waals surface area contributed by atoms with E-state index in [2.05, 4.69) is 62.4 Å². The van der Waals surface area contributed by atoms with Crippen LogP contribution in [0.5, 0.6) is 5.75 Å². The van der Waals surface area contributed by atoms with E-state index in [9.17, 15) is 8.42 Å². The van der Waals surface area contributed by atoms with Gasteiger partial charge in [0.25, 0.3) is 10.0 Å². The van der Waals surface area contributed by atoms with Gasteiger partial charge >= 0.3 is 0 Å². The molecule has 3 aromatic rings. The summed E-state index contributed by atoms with van der Waals surface area (Å²) in [5.41, 5.74) is 3.66. The third kappa shape index (κ3) is 4.27. The van der Waals surface area contributed by atoms with Gasteiger partial charge in [0.05, 0.1) is 23.2 Å². The molecule has 0 radical (unpaired) electrons. The molecule has 1 aliphatic carbocycles. The Balaban J connectivity index is 1.47. The highest BCUT2D eigenvalue weighted by molar-refractivity contribution is 9.10. The summed E-state index contributed by atoms with van der Waals surface area (Å²) in [7, 11) is -3.77. The quantitative estimate of drug-likeness (QED) is 0.362. The Kier molecular flexibility index (Phi) is 5.93. The zero-order chi connectivity index (χ0) is 23.0. The van der Waals surface area contributed by atoms with Crippen molar-refractivity contribution in [2.45, 2.75) is 30.2 Å². The van der Waals surface area contributed by atoms with Crippen molar-refractivity contribution >= 4 is 37.3 Å². The number of allylic oxidation sites excluding steroid dienone is 2. The molecular weight excluding hydrogens is 500 g/mol. The number of halogens is 1. The molecule has 0 saturated heterocycles. The second-order valence-electron chi connectivity index (χ2n) is 8.31. The minimum atomic E-state index is -3.77. The molecule has 0 saturated carbocycles. The first-order valence-corrected chi connectivity index (χ1v) is 13.3. The van der Waals surface area contributed by atoms with Crippen molar-refractivity contribution in [3.63, 3.8) is 0 Å². The number of ether oxygens (including phenoxy) is 1. The minimum absolute atomic E-state index is 0.167. The van der Waals surface area contributed by atoms with E-state index in [0.29, 0.717) is 24.0 Å². The van der Waals surface area contributed by atoms with Crippen molar-refractivity contribution in [3.8, 4) is 5.75 Å². The molecule has 0 unspecified atom stereocenters. The molecule has 33 heavy (non-hydrogen) atoms. The lowest BCUT2D eigenvalue weighted by molar-refractivity contribution is 0.342. The molecular formula is C26H25BrN2O3S. The molecule has 170 valence electrons. The monoisotopic (exact) mass is 524 g/mol. The Morgan fingerprint density at radius 3 is 2.67 bits per heavy atom. The van der Waals surface area contributed by atoms with Crippen molar-refractivity contribution < 1.29 is 13.2 Å². The lowest BCUT2D eigenvalue weighted by atomic mass is 9.77. The number of fused-ring (bicyclic) bond motifs is 3. The summed E-state index contributed by atoms with van der Waals surface area (Å²) in [6.07, 6.45) is 5.37. The predicted octanol–water partition coefficient (Wildman–Crippen LogP) is 6.48. The van der Waals surface area contributed by atoms with Gasteiger partial charge in [-0.05, 0) is 72.9 Å². The van der Waals surface area contributed by atoms with Gasteiger partial charge in [0, 0.05) is 16.1 Å². The topological polar surface area (TPSA) is 67.4 Å². The molecule has 5 nitrogen and oxygen atoms in total. The second kappa shape index (κ2) is 8.88. The number of hydrogen-bond acceptors (Lipinski definition) is 4. The van der Waals surface area contributed by atoms with E-state index >= 15 is 0 Å². The Hall–Kier alpha value is -2.77. The van der Waals surface area contributed by atoms with Crippen LogP contribution in [0.15, 0.2) is 88.3 Å². The van der Waals surface area contributed by atoms with Gasteiger partial charge in [-0.3, -0.25) is 4.72 Å². The fraction of sp³-hybridized carbons (Fsp3) is 0.231. The summed E-state index contributed by atoms with van der Waals surface area (Å²) in [5, 5.41) is 3.67. The van der Waals surface area contributed by atoms with E-state index in [4.69, 9.17) is 4.74 Å². The molecule has 0 bridgehead atoms. The fourth-order valence-corrected chi connectivity index (χ4v) is 6.15. The number of sulfonamides is 1. The van der Waals surface area contributed by atoms with Crippen LogP contribution in [0.2, 0.25) is 0 Å². The van der Waals surface area contributed by atoms with Gasteiger partial charge in [0.2, 0.25) is 0 Å². The fourth-order valence-electron chi connectivity index (χ4n) is 4.78. The van der Waals surface area contributed by atoms with Gasteiger partial charge in [0.1, 0.15) is 5.75 Å². The van der Waals surface area contributed by atoms with Crippen LogP contribution < -0.4 is 14.8 Å².